The van der Waals surface area contributed by atoms with E-state index in [-0.39, 0.29) is 22.8 Å². The van der Waals surface area contributed by atoms with E-state index in [4.69, 9.17) is 22.6 Å². The molecule has 0 aliphatic rings. The van der Waals surface area contributed by atoms with Crippen LogP contribution in [0.1, 0.15) is 17.6 Å². The van der Waals surface area contributed by atoms with Gasteiger partial charge >= 0.3 is 0 Å². The van der Waals surface area contributed by atoms with E-state index in [1.807, 2.05) is 0 Å². The number of hydrogen-bond acceptors (Lipinski definition) is 3. The minimum absolute atomic E-state index is 0.115. The van der Waals surface area contributed by atoms with Crippen LogP contribution in [0.3, 0.4) is 0 Å². The molecule has 1 rings (SSSR count). The average molecular weight is 218 g/mol. The van der Waals surface area contributed by atoms with Crippen molar-refractivity contribution < 1.29 is 8.78 Å². The molecule has 1 aromatic rings. The van der Waals surface area contributed by atoms with E-state index < -0.39 is 12.0 Å². The quantitative estimate of drug-likeness (QED) is 0.774. The lowest BCUT2D eigenvalue weighted by atomic mass is 10.1. The molecule has 3 nitrogen and oxygen atoms in total. The molecule has 0 radical (unpaired) electrons. The summed E-state index contributed by atoms with van der Waals surface area (Å²) in [6.45, 7) is 0. The highest BCUT2D eigenvalue weighted by molar-refractivity contribution is 6.32. The number of alkyl halides is 2. The van der Waals surface area contributed by atoms with Gasteiger partial charge in [-0.15, -0.1) is 0 Å². The van der Waals surface area contributed by atoms with Crippen molar-refractivity contribution in [3.05, 3.63) is 22.5 Å². The van der Waals surface area contributed by atoms with Crippen LogP contribution in [0.15, 0.2) is 6.20 Å². The molecule has 0 amide bonds. The minimum Gasteiger partial charge on any atom is -0.396 e. The zero-order valence-corrected chi connectivity index (χ0v) is 7.72. The maximum absolute atomic E-state index is 12.5. The van der Waals surface area contributed by atoms with Gasteiger partial charge in [0.2, 0.25) is 0 Å². The molecule has 0 aromatic carbocycles. The monoisotopic (exact) mass is 217 g/mol. The Balaban J connectivity index is 3.31. The molecule has 0 bridgehead atoms. The van der Waals surface area contributed by atoms with Crippen LogP contribution in [0.2, 0.25) is 5.15 Å². The van der Waals surface area contributed by atoms with Crippen LogP contribution in [0.25, 0.3) is 0 Å². The summed E-state index contributed by atoms with van der Waals surface area (Å²) in [5.74, 6) is 0. The van der Waals surface area contributed by atoms with Crippen molar-refractivity contribution in [1.82, 2.24) is 4.98 Å². The van der Waals surface area contributed by atoms with Gasteiger partial charge in [-0.1, -0.05) is 11.6 Å². The Kier molecular flexibility index (Phi) is 3.20. The zero-order valence-electron chi connectivity index (χ0n) is 6.97. The molecule has 14 heavy (non-hydrogen) atoms. The molecule has 0 spiro atoms. The van der Waals surface area contributed by atoms with E-state index in [1.54, 1.807) is 6.07 Å². The largest absolute Gasteiger partial charge is 0.396 e. The Morgan fingerprint density at radius 3 is 2.79 bits per heavy atom. The Morgan fingerprint density at radius 2 is 2.29 bits per heavy atom. The van der Waals surface area contributed by atoms with Crippen LogP contribution < -0.4 is 5.73 Å². The van der Waals surface area contributed by atoms with Gasteiger partial charge in [0.25, 0.3) is 6.43 Å². The topological polar surface area (TPSA) is 62.7 Å². The fourth-order valence-corrected chi connectivity index (χ4v) is 1.19. The first kappa shape index (κ1) is 10.7. The Morgan fingerprint density at radius 1 is 1.64 bits per heavy atom. The van der Waals surface area contributed by atoms with Gasteiger partial charge < -0.3 is 5.73 Å². The number of anilines is 1. The van der Waals surface area contributed by atoms with Crippen LogP contribution >= 0.6 is 11.6 Å². The van der Waals surface area contributed by atoms with E-state index in [1.165, 1.54) is 0 Å². The second kappa shape index (κ2) is 4.20. The lowest BCUT2D eigenvalue weighted by molar-refractivity contribution is 0.151. The smallest absolute Gasteiger partial charge is 0.266 e. The maximum Gasteiger partial charge on any atom is 0.266 e. The van der Waals surface area contributed by atoms with Crippen molar-refractivity contribution in [2.24, 2.45) is 0 Å². The third kappa shape index (κ3) is 1.91. The summed E-state index contributed by atoms with van der Waals surface area (Å²) >= 11 is 5.48. The van der Waals surface area contributed by atoms with Crippen LogP contribution in [-0.4, -0.2) is 4.98 Å². The summed E-state index contributed by atoms with van der Waals surface area (Å²) in [4.78, 5) is 3.60. The number of aromatic nitrogens is 1. The van der Waals surface area contributed by atoms with Gasteiger partial charge in [-0.2, -0.15) is 5.26 Å². The number of nitrogen functional groups attached to an aromatic ring is 1. The summed E-state index contributed by atoms with van der Waals surface area (Å²) < 4.78 is 25.0. The van der Waals surface area contributed by atoms with Gasteiger partial charge in [0, 0.05) is 11.8 Å². The van der Waals surface area contributed by atoms with Crippen LogP contribution in [-0.2, 0) is 6.42 Å². The van der Waals surface area contributed by atoms with Crippen molar-refractivity contribution in [1.29, 1.82) is 5.26 Å². The first-order valence-electron chi connectivity index (χ1n) is 3.65. The highest BCUT2D eigenvalue weighted by atomic mass is 35.5. The standard InChI is InChI=1S/C8H6ClF2N3/c9-7-6(13)5(8(10)11)4(1-2-12)3-14-7/h3,8H,1,13H2. The molecule has 1 heterocycles. The van der Waals surface area contributed by atoms with E-state index >= 15 is 0 Å². The van der Waals surface area contributed by atoms with Gasteiger partial charge in [-0.25, -0.2) is 13.8 Å². The number of nitrogens with two attached hydrogens (primary N) is 1. The fourth-order valence-electron chi connectivity index (χ4n) is 1.04. The fraction of sp³-hybridized carbons (Fsp3) is 0.250. The Labute approximate surface area is 84.1 Å². The lowest BCUT2D eigenvalue weighted by Gasteiger charge is -2.09. The van der Waals surface area contributed by atoms with Gasteiger partial charge in [-0.3, -0.25) is 0 Å². The Hall–Kier alpha value is -1.41. The van der Waals surface area contributed by atoms with Crippen LogP contribution in [0.4, 0.5) is 14.5 Å². The Bertz CT molecular complexity index is 387. The molecule has 2 N–H and O–H groups in total. The average Bonchev–Trinajstić information content (AvgIpc) is 2.11. The number of hydrogen-bond donors (Lipinski definition) is 1. The van der Waals surface area contributed by atoms with E-state index in [0.29, 0.717) is 0 Å². The molecule has 0 saturated carbocycles. The van der Waals surface area contributed by atoms with Gasteiger partial charge in [-0.05, 0) is 5.56 Å². The highest BCUT2D eigenvalue weighted by Gasteiger charge is 2.19. The number of nitriles is 1. The van der Waals surface area contributed by atoms with Gasteiger partial charge in [0.05, 0.1) is 18.2 Å². The number of pyridine rings is 1. The lowest BCUT2D eigenvalue weighted by Crippen LogP contribution is -2.03. The molecule has 0 atom stereocenters. The predicted molar refractivity (Wildman–Crippen MR) is 47.9 cm³/mol. The first-order valence-corrected chi connectivity index (χ1v) is 4.03. The van der Waals surface area contributed by atoms with E-state index in [9.17, 15) is 8.78 Å². The maximum atomic E-state index is 12.5. The molecule has 1 aromatic heterocycles. The summed E-state index contributed by atoms with van der Waals surface area (Å²) in [6, 6.07) is 1.75. The second-order valence-electron chi connectivity index (χ2n) is 2.54. The molecule has 6 heteroatoms. The molecule has 0 aliphatic heterocycles. The molecule has 0 unspecified atom stereocenters. The SMILES string of the molecule is N#CCc1cnc(Cl)c(N)c1C(F)F. The zero-order chi connectivity index (χ0) is 10.7. The van der Waals surface area contributed by atoms with Crippen molar-refractivity contribution in [3.63, 3.8) is 0 Å². The molecular weight excluding hydrogens is 212 g/mol. The van der Waals surface area contributed by atoms with Gasteiger partial charge in [0.15, 0.2) is 5.15 Å². The van der Waals surface area contributed by atoms with Crippen molar-refractivity contribution in [3.8, 4) is 6.07 Å². The van der Waals surface area contributed by atoms with Crippen LogP contribution in [0.5, 0.6) is 0 Å². The predicted octanol–water partition coefficient (Wildman–Crippen LogP) is 2.32. The molecule has 0 saturated heterocycles. The molecule has 0 fully saturated rings. The normalized spacial score (nSPS) is 10.2. The molecular formula is C8H6ClF2N3. The summed E-state index contributed by atoms with van der Waals surface area (Å²) in [7, 11) is 0. The summed E-state index contributed by atoms with van der Waals surface area (Å²) in [5.41, 5.74) is 4.79. The number of rotatable bonds is 2. The van der Waals surface area contributed by atoms with Crippen LogP contribution in [0, 0.1) is 11.3 Å². The number of halogens is 3. The van der Waals surface area contributed by atoms with Crippen molar-refractivity contribution >= 4 is 17.3 Å². The van der Waals surface area contributed by atoms with Crippen molar-refractivity contribution in [2.75, 3.05) is 5.73 Å². The highest BCUT2D eigenvalue weighted by Crippen LogP contribution is 2.32. The molecule has 74 valence electrons. The van der Waals surface area contributed by atoms with Crippen molar-refractivity contribution in [2.45, 2.75) is 12.8 Å². The van der Waals surface area contributed by atoms with E-state index in [2.05, 4.69) is 4.98 Å². The first-order chi connectivity index (χ1) is 6.57. The summed E-state index contributed by atoms with van der Waals surface area (Å²) in [6.07, 6.45) is -1.77. The third-order valence-corrected chi connectivity index (χ3v) is 1.98. The summed E-state index contributed by atoms with van der Waals surface area (Å²) in [5, 5.41) is 8.22. The number of nitrogens with zero attached hydrogens (tertiary/aromatic N) is 2. The van der Waals surface area contributed by atoms with E-state index in [0.717, 1.165) is 6.20 Å². The van der Waals surface area contributed by atoms with Gasteiger partial charge in [0.1, 0.15) is 0 Å². The molecule has 0 aliphatic carbocycles. The minimum atomic E-state index is -2.75. The third-order valence-electron chi connectivity index (χ3n) is 1.68. The second-order valence-corrected chi connectivity index (χ2v) is 2.90.